The first-order chi connectivity index (χ1) is 8.42. The highest BCUT2D eigenvalue weighted by atomic mass is 35.5. The lowest BCUT2D eigenvalue weighted by molar-refractivity contribution is 0.192. The molecule has 1 atom stereocenters. The third-order valence-electron chi connectivity index (χ3n) is 3.70. The van der Waals surface area contributed by atoms with Gasteiger partial charge in [-0.3, -0.25) is 0 Å². The number of piperidine rings is 1. The van der Waals surface area contributed by atoms with Crippen LogP contribution >= 0.6 is 12.4 Å². The summed E-state index contributed by atoms with van der Waals surface area (Å²) >= 11 is 0. The minimum atomic E-state index is 0. The molecule has 2 fully saturated rings. The Kier molecular flexibility index (Phi) is 4.97. The van der Waals surface area contributed by atoms with Gasteiger partial charge in [0, 0.05) is 18.9 Å². The van der Waals surface area contributed by atoms with Gasteiger partial charge in [0.25, 0.3) is 0 Å². The SMILES string of the molecule is C1CC(Cc2nc(C3CCOC3)no2)CCN1.Cl. The molecule has 0 aromatic carbocycles. The zero-order valence-corrected chi connectivity index (χ0v) is 11.2. The molecule has 0 amide bonds. The fourth-order valence-corrected chi connectivity index (χ4v) is 2.59. The second-order valence-corrected chi connectivity index (χ2v) is 5.00. The molecule has 1 N–H and O–H groups in total. The van der Waals surface area contributed by atoms with E-state index in [0.29, 0.717) is 11.8 Å². The maximum Gasteiger partial charge on any atom is 0.226 e. The van der Waals surface area contributed by atoms with Gasteiger partial charge < -0.3 is 14.6 Å². The van der Waals surface area contributed by atoms with E-state index in [1.165, 1.54) is 12.8 Å². The highest BCUT2D eigenvalue weighted by Crippen LogP contribution is 2.24. The van der Waals surface area contributed by atoms with Crippen LogP contribution in [0.5, 0.6) is 0 Å². The summed E-state index contributed by atoms with van der Waals surface area (Å²) in [5, 5.41) is 7.45. The van der Waals surface area contributed by atoms with Crippen LogP contribution < -0.4 is 5.32 Å². The summed E-state index contributed by atoms with van der Waals surface area (Å²) in [5.41, 5.74) is 0. The normalized spacial score (nSPS) is 25.0. The lowest BCUT2D eigenvalue weighted by Gasteiger charge is -2.20. The molecule has 1 aromatic heterocycles. The molecular formula is C12H20ClN3O2. The average molecular weight is 274 g/mol. The molecule has 1 unspecified atom stereocenters. The van der Waals surface area contributed by atoms with Crippen molar-refractivity contribution in [3.8, 4) is 0 Å². The van der Waals surface area contributed by atoms with Crippen LogP contribution in [0.3, 0.4) is 0 Å². The quantitative estimate of drug-likeness (QED) is 0.905. The first-order valence-corrected chi connectivity index (χ1v) is 6.53. The van der Waals surface area contributed by atoms with E-state index in [0.717, 1.165) is 50.9 Å². The summed E-state index contributed by atoms with van der Waals surface area (Å²) in [4.78, 5) is 4.51. The predicted octanol–water partition coefficient (Wildman–Crippen LogP) is 1.54. The van der Waals surface area contributed by atoms with E-state index >= 15 is 0 Å². The summed E-state index contributed by atoms with van der Waals surface area (Å²) < 4.78 is 10.7. The molecular weight excluding hydrogens is 254 g/mol. The van der Waals surface area contributed by atoms with Crippen molar-refractivity contribution in [3.63, 3.8) is 0 Å². The van der Waals surface area contributed by atoms with E-state index in [9.17, 15) is 0 Å². The van der Waals surface area contributed by atoms with Gasteiger partial charge in [0.2, 0.25) is 5.89 Å². The molecule has 0 bridgehead atoms. The Hall–Kier alpha value is -0.650. The van der Waals surface area contributed by atoms with Gasteiger partial charge in [-0.1, -0.05) is 5.16 Å². The van der Waals surface area contributed by atoms with Gasteiger partial charge >= 0.3 is 0 Å². The summed E-state index contributed by atoms with van der Waals surface area (Å²) in [5.74, 6) is 2.69. The van der Waals surface area contributed by atoms with Crippen LogP contribution in [0.2, 0.25) is 0 Å². The van der Waals surface area contributed by atoms with E-state index in [-0.39, 0.29) is 12.4 Å². The second-order valence-electron chi connectivity index (χ2n) is 5.00. The zero-order chi connectivity index (χ0) is 11.5. The van der Waals surface area contributed by atoms with Crippen LogP contribution in [0.15, 0.2) is 4.52 Å². The van der Waals surface area contributed by atoms with Gasteiger partial charge in [0.1, 0.15) is 0 Å². The van der Waals surface area contributed by atoms with E-state index in [2.05, 4.69) is 15.5 Å². The summed E-state index contributed by atoms with van der Waals surface area (Å²) in [6.45, 7) is 3.79. The summed E-state index contributed by atoms with van der Waals surface area (Å²) in [6.07, 6.45) is 4.38. The minimum absolute atomic E-state index is 0. The van der Waals surface area contributed by atoms with Gasteiger partial charge in [0.05, 0.1) is 6.61 Å². The van der Waals surface area contributed by atoms with E-state index in [1.54, 1.807) is 0 Å². The molecule has 18 heavy (non-hydrogen) atoms. The Morgan fingerprint density at radius 3 is 2.78 bits per heavy atom. The molecule has 102 valence electrons. The van der Waals surface area contributed by atoms with Crippen molar-refractivity contribution in [2.24, 2.45) is 5.92 Å². The summed E-state index contributed by atoms with van der Waals surface area (Å²) in [7, 11) is 0. The third kappa shape index (κ3) is 3.22. The average Bonchev–Trinajstić information content (AvgIpc) is 3.00. The number of nitrogens with zero attached hydrogens (tertiary/aromatic N) is 2. The van der Waals surface area contributed by atoms with Gasteiger partial charge in [-0.05, 0) is 38.3 Å². The number of halogens is 1. The predicted molar refractivity (Wildman–Crippen MR) is 69.0 cm³/mol. The molecule has 0 spiro atoms. The second kappa shape index (κ2) is 6.50. The molecule has 3 heterocycles. The first-order valence-electron chi connectivity index (χ1n) is 6.53. The fourth-order valence-electron chi connectivity index (χ4n) is 2.59. The zero-order valence-electron chi connectivity index (χ0n) is 10.4. The number of aromatic nitrogens is 2. The maximum atomic E-state index is 5.34. The van der Waals surface area contributed by atoms with Gasteiger partial charge in [-0.2, -0.15) is 4.98 Å². The molecule has 2 aliphatic heterocycles. The van der Waals surface area contributed by atoms with Crippen LogP contribution in [-0.4, -0.2) is 36.4 Å². The Bertz CT molecular complexity index is 360. The Morgan fingerprint density at radius 2 is 2.06 bits per heavy atom. The lowest BCUT2D eigenvalue weighted by atomic mass is 9.95. The van der Waals surface area contributed by atoms with Crippen LogP contribution in [0, 0.1) is 5.92 Å². The van der Waals surface area contributed by atoms with Crippen molar-refractivity contribution in [1.82, 2.24) is 15.5 Å². The topological polar surface area (TPSA) is 60.2 Å². The molecule has 2 aliphatic rings. The van der Waals surface area contributed by atoms with Crippen LogP contribution in [0.4, 0.5) is 0 Å². The molecule has 3 rings (SSSR count). The van der Waals surface area contributed by atoms with E-state index in [4.69, 9.17) is 9.26 Å². The minimum Gasteiger partial charge on any atom is -0.381 e. The highest BCUT2D eigenvalue weighted by Gasteiger charge is 2.24. The smallest absolute Gasteiger partial charge is 0.226 e. The maximum absolute atomic E-state index is 5.34. The van der Waals surface area contributed by atoms with Gasteiger partial charge in [0.15, 0.2) is 5.82 Å². The fraction of sp³-hybridized carbons (Fsp3) is 0.833. The monoisotopic (exact) mass is 273 g/mol. The molecule has 0 radical (unpaired) electrons. The number of nitrogens with one attached hydrogen (secondary N) is 1. The Labute approximate surface area is 113 Å². The molecule has 1 aromatic rings. The van der Waals surface area contributed by atoms with Crippen molar-refractivity contribution < 1.29 is 9.26 Å². The number of hydrogen-bond acceptors (Lipinski definition) is 5. The Balaban J connectivity index is 0.00000120. The largest absolute Gasteiger partial charge is 0.381 e. The van der Waals surface area contributed by atoms with Crippen LogP contribution in [0.1, 0.15) is 36.9 Å². The highest BCUT2D eigenvalue weighted by molar-refractivity contribution is 5.85. The van der Waals surface area contributed by atoms with Crippen molar-refractivity contribution in [2.45, 2.75) is 31.6 Å². The summed E-state index contributed by atoms with van der Waals surface area (Å²) in [6, 6.07) is 0. The number of hydrogen-bond donors (Lipinski definition) is 1. The van der Waals surface area contributed by atoms with Crippen molar-refractivity contribution in [3.05, 3.63) is 11.7 Å². The number of rotatable bonds is 3. The van der Waals surface area contributed by atoms with Gasteiger partial charge in [-0.15, -0.1) is 12.4 Å². The van der Waals surface area contributed by atoms with Crippen LogP contribution in [-0.2, 0) is 11.2 Å². The standard InChI is InChI=1S/C12H19N3O2.ClH/c1-4-13-5-2-9(1)7-11-14-12(15-17-11)10-3-6-16-8-10;/h9-10,13H,1-8H2;1H. The van der Waals surface area contributed by atoms with Crippen molar-refractivity contribution in [2.75, 3.05) is 26.3 Å². The first kappa shape index (κ1) is 13.8. The molecule has 6 heteroatoms. The van der Waals surface area contributed by atoms with E-state index < -0.39 is 0 Å². The number of ether oxygens (including phenoxy) is 1. The van der Waals surface area contributed by atoms with Gasteiger partial charge in [-0.25, -0.2) is 0 Å². The molecule has 5 nitrogen and oxygen atoms in total. The molecule has 0 saturated carbocycles. The van der Waals surface area contributed by atoms with Crippen molar-refractivity contribution in [1.29, 1.82) is 0 Å². The molecule has 2 saturated heterocycles. The van der Waals surface area contributed by atoms with Crippen LogP contribution in [0.25, 0.3) is 0 Å². The molecule has 0 aliphatic carbocycles. The van der Waals surface area contributed by atoms with Crippen molar-refractivity contribution >= 4 is 12.4 Å². The van der Waals surface area contributed by atoms with E-state index in [1.807, 2.05) is 0 Å². The Morgan fingerprint density at radius 1 is 1.22 bits per heavy atom. The third-order valence-corrected chi connectivity index (χ3v) is 3.70. The lowest BCUT2D eigenvalue weighted by Crippen LogP contribution is -2.28.